The van der Waals surface area contributed by atoms with Crippen molar-refractivity contribution in [1.29, 1.82) is 0 Å². The van der Waals surface area contributed by atoms with Crippen LogP contribution in [0.3, 0.4) is 0 Å². The van der Waals surface area contributed by atoms with Gasteiger partial charge in [0.05, 0.1) is 19.6 Å². The zero-order chi connectivity index (χ0) is 21.3. The number of rotatable bonds is 9. The molecule has 28 heavy (non-hydrogen) atoms. The van der Waals surface area contributed by atoms with Crippen molar-refractivity contribution < 1.29 is 28.6 Å². The third-order valence-corrected chi connectivity index (χ3v) is 3.69. The van der Waals surface area contributed by atoms with E-state index in [1.54, 1.807) is 52.0 Å². The lowest BCUT2D eigenvalue weighted by Gasteiger charge is -2.19. The molecule has 0 fully saturated rings. The van der Waals surface area contributed by atoms with Gasteiger partial charge in [0.25, 0.3) is 0 Å². The number of hydrogen-bond donors (Lipinski definition) is 1. The van der Waals surface area contributed by atoms with Crippen LogP contribution in [0.25, 0.3) is 6.08 Å². The fourth-order valence-corrected chi connectivity index (χ4v) is 2.06. The summed E-state index contributed by atoms with van der Waals surface area (Å²) >= 11 is 0. The molecule has 7 nitrogen and oxygen atoms in total. The van der Waals surface area contributed by atoms with E-state index in [-0.39, 0.29) is 24.7 Å². The number of methoxy groups -OCH3 is 1. The first-order chi connectivity index (χ1) is 13.0. The maximum atomic E-state index is 11.9. The number of Topliss-reactive ketones (excluding diaryl/α,β-unsaturated/α-hetero) is 1. The molecule has 1 atom stereocenters. The lowest BCUT2D eigenvalue weighted by Crippen LogP contribution is -2.34. The molecule has 1 N–H and O–H groups in total. The predicted octanol–water partition coefficient (Wildman–Crippen LogP) is 3.41. The van der Waals surface area contributed by atoms with Crippen molar-refractivity contribution in [3.8, 4) is 11.5 Å². The molecule has 0 aliphatic heterocycles. The number of nitrogens with one attached hydrogen (secondary N) is 1. The fourth-order valence-electron chi connectivity index (χ4n) is 2.06. The van der Waals surface area contributed by atoms with Crippen molar-refractivity contribution in [2.45, 2.75) is 40.2 Å². The van der Waals surface area contributed by atoms with Crippen LogP contribution in [-0.2, 0) is 14.3 Å². The smallest absolute Gasteiger partial charge is 0.407 e. The Morgan fingerprint density at radius 1 is 1.18 bits per heavy atom. The first-order valence-electron chi connectivity index (χ1n) is 9.03. The SMILES string of the molecule is COc1cc(C=CC(=O)C(C)C(C)=O)ccc1OCCNC(=O)OC(C)(C)C. The van der Waals surface area contributed by atoms with Crippen LogP contribution in [0.15, 0.2) is 24.3 Å². The number of alkyl carbamates (subject to hydrolysis) is 1. The van der Waals surface area contributed by atoms with Crippen LogP contribution in [0.1, 0.15) is 40.2 Å². The van der Waals surface area contributed by atoms with Crippen LogP contribution < -0.4 is 14.8 Å². The normalized spacial score (nSPS) is 12.4. The quantitative estimate of drug-likeness (QED) is 0.394. The van der Waals surface area contributed by atoms with Crippen molar-refractivity contribution in [3.63, 3.8) is 0 Å². The molecular formula is C21H29NO6. The van der Waals surface area contributed by atoms with Crippen molar-refractivity contribution in [1.82, 2.24) is 5.32 Å². The van der Waals surface area contributed by atoms with Gasteiger partial charge >= 0.3 is 6.09 Å². The van der Waals surface area contributed by atoms with Gasteiger partial charge in [-0.05, 0) is 58.4 Å². The highest BCUT2D eigenvalue weighted by Crippen LogP contribution is 2.28. The summed E-state index contributed by atoms with van der Waals surface area (Å²) in [7, 11) is 1.51. The second-order valence-corrected chi connectivity index (χ2v) is 7.26. The highest BCUT2D eigenvalue weighted by Gasteiger charge is 2.16. The third kappa shape index (κ3) is 8.24. The van der Waals surface area contributed by atoms with Gasteiger partial charge in [-0.2, -0.15) is 0 Å². The predicted molar refractivity (Wildman–Crippen MR) is 107 cm³/mol. The van der Waals surface area contributed by atoms with Crippen LogP contribution in [0.5, 0.6) is 11.5 Å². The molecule has 0 aliphatic rings. The number of benzene rings is 1. The van der Waals surface area contributed by atoms with Crippen LogP contribution in [0.2, 0.25) is 0 Å². The Kier molecular flexibility index (Phi) is 8.70. The lowest BCUT2D eigenvalue weighted by molar-refractivity contribution is -0.128. The van der Waals surface area contributed by atoms with Crippen LogP contribution in [-0.4, -0.2) is 43.5 Å². The van der Waals surface area contributed by atoms with Gasteiger partial charge in [0.1, 0.15) is 18.0 Å². The maximum absolute atomic E-state index is 11.9. The topological polar surface area (TPSA) is 90.9 Å². The molecule has 1 aromatic rings. The average Bonchev–Trinajstić information content (AvgIpc) is 2.61. The molecule has 154 valence electrons. The molecule has 1 rings (SSSR count). The highest BCUT2D eigenvalue weighted by molar-refractivity contribution is 6.07. The van der Waals surface area contributed by atoms with Crippen molar-refractivity contribution in [2.75, 3.05) is 20.3 Å². The van der Waals surface area contributed by atoms with E-state index in [9.17, 15) is 14.4 Å². The summed E-state index contributed by atoms with van der Waals surface area (Å²) in [5.41, 5.74) is 0.182. The minimum Gasteiger partial charge on any atom is -0.493 e. The first-order valence-corrected chi connectivity index (χ1v) is 9.03. The minimum absolute atomic E-state index is 0.170. The van der Waals surface area contributed by atoms with Crippen molar-refractivity contribution in [2.24, 2.45) is 5.92 Å². The molecule has 0 spiro atoms. The van der Waals surface area contributed by atoms with E-state index in [1.807, 2.05) is 0 Å². The number of ketones is 2. The third-order valence-electron chi connectivity index (χ3n) is 3.69. The fraction of sp³-hybridized carbons (Fsp3) is 0.476. The zero-order valence-corrected chi connectivity index (χ0v) is 17.3. The van der Waals surface area contributed by atoms with Crippen molar-refractivity contribution in [3.05, 3.63) is 29.8 Å². The van der Waals surface area contributed by atoms with E-state index in [0.29, 0.717) is 11.5 Å². The van der Waals surface area contributed by atoms with Gasteiger partial charge in [-0.1, -0.05) is 12.1 Å². The molecule has 0 aliphatic carbocycles. The van der Waals surface area contributed by atoms with Gasteiger partial charge < -0.3 is 19.5 Å². The number of allylic oxidation sites excluding steroid dienone is 1. The van der Waals surface area contributed by atoms with Crippen LogP contribution >= 0.6 is 0 Å². The summed E-state index contributed by atoms with van der Waals surface area (Å²) in [6, 6.07) is 5.20. The molecule has 1 amide bonds. The lowest BCUT2D eigenvalue weighted by atomic mass is 10.0. The summed E-state index contributed by atoms with van der Waals surface area (Å²) in [5, 5.41) is 2.61. The summed E-state index contributed by atoms with van der Waals surface area (Å²) in [6.45, 7) is 8.85. The van der Waals surface area contributed by atoms with Gasteiger partial charge in [0.2, 0.25) is 0 Å². The van der Waals surface area contributed by atoms with Gasteiger partial charge in [-0.25, -0.2) is 4.79 Å². The van der Waals surface area contributed by atoms with E-state index in [4.69, 9.17) is 14.2 Å². The van der Waals surface area contributed by atoms with Crippen molar-refractivity contribution >= 4 is 23.7 Å². The number of amides is 1. The van der Waals surface area contributed by atoms with E-state index in [1.165, 1.54) is 20.1 Å². The summed E-state index contributed by atoms with van der Waals surface area (Å²) < 4.78 is 16.1. The summed E-state index contributed by atoms with van der Waals surface area (Å²) in [4.78, 5) is 34.7. The Hall–Kier alpha value is -2.83. The van der Waals surface area contributed by atoms with Gasteiger partial charge in [0, 0.05) is 0 Å². The molecule has 1 unspecified atom stereocenters. The van der Waals surface area contributed by atoms with E-state index < -0.39 is 17.6 Å². The Balaban J connectivity index is 2.62. The number of carbonyl (C=O) groups excluding carboxylic acids is 3. The Morgan fingerprint density at radius 2 is 1.86 bits per heavy atom. The molecule has 0 radical (unpaired) electrons. The summed E-state index contributed by atoms with van der Waals surface area (Å²) in [6.07, 6.45) is 2.50. The monoisotopic (exact) mass is 391 g/mol. The molecule has 7 heteroatoms. The molecule has 0 heterocycles. The summed E-state index contributed by atoms with van der Waals surface area (Å²) in [5.74, 6) is -0.0743. The van der Waals surface area contributed by atoms with E-state index in [2.05, 4.69) is 5.32 Å². The van der Waals surface area contributed by atoms with Gasteiger partial charge in [-0.15, -0.1) is 0 Å². The molecule has 0 saturated heterocycles. The van der Waals surface area contributed by atoms with Crippen LogP contribution in [0, 0.1) is 5.92 Å². The number of ether oxygens (including phenoxy) is 3. The number of carbonyl (C=O) groups is 3. The van der Waals surface area contributed by atoms with E-state index in [0.717, 1.165) is 5.56 Å². The molecule has 0 saturated carbocycles. The average molecular weight is 391 g/mol. The Labute approximate surface area is 166 Å². The standard InChI is InChI=1S/C21H29NO6/c1-14(15(2)23)17(24)9-7-16-8-10-18(19(13-16)26-6)27-12-11-22-20(25)28-21(3,4)5/h7-10,13-14H,11-12H2,1-6H3,(H,22,25). The maximum Gasteiger partial charge on any atom is 0.407 e. The second kappa shape index (κ2) is 10.5. The second-order valence-electron chi connectivity index (χ2n) is 7.26. The zero-order valence-electron chi connectivity index (χ0n) is 17.3. The largest absolute Gasteiger partial charge is 0.493 e. The molecular weight excluding hydrogens is 362 g/mol. The molecule has 0 bridgehead atoms. The Bertz CT molecular complexity index is 733. The first kappa shape index (κ1) is 23.2. The van der Waals surface area contributed by atoms with Gasteiger partial charge in [-0.3, -0.25) is 9.59 Å². The van der Waals surface area contributed by atoms with Crippen LogP contribution in [0.4, 0.5) is 4.79 Å². The van der Waals surface area contributed by atoms with Gasteiger partial charge in [0.15, 0.2) is 17.3 Å². The highest BCUT2D eigenvalue weighted by atomic mass is 16.6. The van der Waals surface area contributed by atoms with E-state index >= 15 is 0 Å². The minimum atomic E-state index is -0.654. The molecule has 1 aromatic carbocycles. The molecule has 0 aromatic heterocycles. The number of hydrogen-bond acceptors (Lipinski definition) is 6. The Morgan fingerprint density at radius 3 is 2.43 bits per heavy atom.